The zero-order valence-corrected chi connectivity index (χ0v) is 13.7. The molecule has 0 fully saturated rings. The molecule has 25 heavy (non-hydrogen) atoms. The molecule has 0 unspecified atom stereocenters. The lowest BCUT2D eigenvalue weighted by atomic mass is 10.2. The third kappa shape index (κ3) is 3.27. The number of furan rings is 1. The van der Waals surface area contributed by atoms with Crippen LogP contribution < -0.4 is 5.32 Å². The highest BCUT2D eigenvalue weighted by molar-refractivity contribution is 5.91. The number of nitrogens with zero attached hydrogens (tertiary/aromatic N) is 3. The van der Waals surface area contributed by atoms with Crippen LogP contribution >= 0.6 is 0 Å². The van der Waals surface area contributed by atoms with E-state index in [-0.39, 0.29) is 12.3 Å². The van der Waals surface area contributed by atoms with Crippen molar-refractivity contribution in [2.75, 3.05) is 0 Å². The highest BCUT2D eigenvalue weighted by atomic mass is 16.6. The minimum atomic E-state index is -0.686. The molecule has 8 heteroatoms. The number of carbonyl (C=O) groups excluding carboxylic acids is 1. The molecule has 0 saturated carbocycles. The molecule has 1 N–H and O–H groups in total. The molecule has 2 heterocycles. The predicted octanol–water partition coefficient (Wildman–Crippen LogP) is 2.92. The molecule has 128 valence electrons. The summed E-state index contributed by atoms with van der Waals surface area (Å²) in [6.45, 7) is 4.04. The van der Waals surface area contributed by atoms with E-state index in [2.05, 4.69) is 10.4 Å². The number of nitro groups is 1. The molecule has 0 radical (unpaired) electrons. The van der Waals surface area contributed by atoms with E-state index in [9.17, 15) is 14.9 Å². The summed E-state index contributed by atoms with van der Waals surface area (Å²) in [5, 5.41) is 17.8. The van der Waals surface area contributed by atoms with E-state index in [4.69, 9.17) is 4.42 Å². The normalized spacial score (nSPS) is 10.6. The van der Waals surface area contributed by atoms with Crippen molar-refractivity contribution in [3.8, 4) is 5.69 Å². The van der Waals surface area contributed by atoms with Crippen LogP contribution in [0.3, 0.4) is 0 Å². The highest BCUT2D eigenvalue weighted by Crippen LogP contribution is 2.19. The largest absolute Gasteiger partial charge is 0.433 e. The van der Waals surface area contributed by atoms with Crippen molar-refractivity contribution in [2.24, 2.45) is 0 Å². The fourth-order valence-corrected chi connectivity index (χ4v) is 2.56. The highest BCUT2D eigenvalue weighted by Gasteiger charge is 2.18. The Kier molecular flexibility index (Phi) is 4.34. The van der Waals surface area contributed by atoms with Gasteiger partial charge in [-0.25, -0.2) is 4.68 Å². The molecule has 0 aliphatic carbocycles. The van der Waals surface area contributed by atoms with E-state index in [0.29, 0.717) is 0 Å². The van der Waals surface area contributed by atoms with Crippen LogP contribution in [0.15, 0.2) is 46.9 Å². The van der Waals surface area contributed by atoms with Crippen LogP contribution in [-0.2, 0) is 6.54 Å². The summed E-state index contributed by atoms with van der Waals surface area (Å²) < 4.78 is 6.71. The first kappa shape index (κ1) is 16.4. The van der Waals surface area contributed by atoms with Gasteiger partial charge >= 0.3 is 5.88 Å². The molecule has 0 aliphatic rings. The first-order valence-corrected chi connectivity index (χ1v) is 7.60. The zero-order chi connectivity index (χ0) is 18.0. The quantitative estimate of drug-likeness (QED) is 0.568. The van der Waals surface area contributed by atoms with E-state index in [0.717, 1.165) is 28.7 Å². The van der Waals surface area contributed by atoms with Crippen LogP contribution in [-0.4, -0.2) is 20.6 Å². The van der Waals surface area contributed by atoms with Crippen LogP contribution in [0.2, 0.25) is 0 Å². The van der Waals surface area contributed by atoms with Crippen molar-refractivity contribution in [1.82, 2.24) is 15.1 Å². The third-order valence-corrected chi connectivity index (χ3v) is 3.86. The van der Waals surface area contributed by atoms with Crippen LogP contribution in [0.1, 0.15) is 27.5 Å². The van der Waals surface area contributed by atoms with Crippen molar-refractivity contribution in [3.63, 3.8) is 0 Å². The van der Waals surface area contributed by atoms with Crippen molar-refractivity contribution < 1.29 is 14.1 Å². The Labute approximate surface area is 143 Å². The summed E-state index contributed by atoms with van der Waals surface area (Å²) in [7, 11) is 0. The summed E-state index contributed by atoms with van der Waals surface area (Å²) >= 11 is 0. The maximum Gasteiger partial charge on any atom is 0.433 e. The lowest BCUT2D eigenvalue weighted by Crippen LogP contribution is -2.22. The molecule has 0 saturated heterocycles. The van der Waals surface area contributed by atoms with E-state index in [1.807, 2.05) is 48.9 Å². The van der Waals surface area contributed by atoms with Gasteiger partial charge in [0.2, 0.25) is 0 Å². The van der Waals surface area contributed by atoms with E-state index in [1.165, 1.54) is 6.07 Å². The Bertz CT molecular complexity index is 928. The summed E-state index contributed by atoms with van der Waals surface area (Å²) in [6, 6.07) is 12.1. The fourth-order valence-electron chi connectivity index (χ4n) is 2.56. The van der Waals surface area contributed by atoms with Gasteiger partial charge in [0.15, 0.2) is 5.76 Å². The predicted molar refractivity (Wildman–Crippen MR) is 89.6 cm³/mol. The van der Waals surface area contributed by atoms with Crippen molar-refractivity contribution in [2.45, 2.75) is 20.4 Å². The summed E-state index contributed by atoms with van der Waals surface area (Å²) in [6.07, 6.45) is 0. The summed E-state index contributed by atoms with van der Waals surface area (Å²) in [5.41, 5.74) is 3.53. The van der Waals surface area contributed by atoms with Gasteiger partial charge in [-0.3, -0.25) is 14.9 Å². The van der Waals surface area contributed by atoms with Crippen molar-refractivity contribution in [3.05, 3.63) is 75.3 Å². The van der Waals surface area contributed by atoms with Gasteiger partial charge in [-0.2, -0.15) is 5.10 Å². The number of aryl methyl sites for hydroxylation is 1. The number of hydrogen-bond acceptors (Lipinski definition) is 5. The average molecular weight is 340 g/mol. The number of benzene rings is 1. The first-order valence-electron chi connectivity index (χ1n) is 7.60. The van der Waals surface area contributed by atoms with Gasteiger partial charge in [-0.05, 0) is 32.0 Å². The second-order valence-corrected chi connectivity index (χ2v) is 5.47. The fraction of sp³-hybridized carbons (Fsp3) is 0.176. The van der Waals surface area contributed by atoms with Gasteiger partial charge in [0.25, 0.3) is 5.91 Å². The number of hydrogen-bond donors (Lipinski definition) is 1. The molecule has 0 atom stereocenters. The van der Waals surface area contributed by atoms with Gasteiger partial charge in [0.1, 0.15) is 4.92 Å². The molecule has 1 amide bonds. The van der Waals surface area contributed by atoms with E-state index < -0.39 is 16.7 Å². The molecule has 8 nitrogen and oxygen atoms in total. The minimum Gasteiger partial charge on any atom is -0.395 e. The van der Waals surface area contributed by atoms with Crippen LogP contribution in [0, 0.1) is 24.0 Å². The van der Waals surface area contributed by atoms with Gasteiger partial charge in [0, 0.05) is 17.8 Å². The Balaban J connectivity index is 1.76. The number of nitrogens with one attached hydrogen (secondary N) is 1. The molecular weight excluding hydrogens is 324 g/mol. The maximum absolute atomic E-state index is 12.1. The number of rotatable bonds is 5. The molecule has 0 aliphatic heterocycles. The monoisotopic (exact) mass is 340 g/mol. The molecule has 2 aromatic heterocycles. The number of amides is 1. The summed E-state index contributed by atoms with van der Waals surface area (Å²) in [4.78, 5) is 22.0. The maximum atomic E-state index is 12.1. The van der Waals surface area contributed by atoms with Crippen molar-refractivity contribution in [1.29, 1.82) is 0 Å². The molecular formula is C17H16N4O4. The SMILES string of the molecule is Cc1nn(-c2ccccc2)c(C)c1CNC(=O)c1ccc([N+](=O)[O-])o1. The topological polar surface area (TPSA) is 103 Å². The molecule has 3 rings (SSSR count). The number of para-hydroxylation sites is 1. The number of aromatic nitrogens is 2. The molecule has 0 bridgehead atoms. The molecule has 0 spiro atoms. The smallest absolute Gasteiger partial charge is 0.395 e. The second kappa shape index (κ2) is 6.60. The summed E-state index contributed by atoms with van der Waals surface area (Å²) in [5.74, 6) is -1.08. The number of carbonyl (C=O) groups is 1. The minimum absolute atomic E-state index is 0.0996. The van der Waals surface area contributed by atoms with Crippen molar-refractivity contribution >= 4 is 11.8 Å². The Hall–Kier alpha value is -3.42. The van der Waals surface area contributed by atoms with Gasteiger partial charge < -0.3 is 9.73 Å². The van der Waals surface area contributed by atoms with E-state index in [1.54, 1.807) is 0 Å². The lowest BCUT2D eigenvalue weighted by molar-refractivity contribution is -0.402. The zero-order valence-electron chi connectivity index (χ0n) is 13.7. The Morgan fingerprint density at radius 2 is 1.96 bits per heavy atom. The van der Waals surface area contributed by atoms with E-state index >= 15 is 0 Å². The van der Waals surface area contributed by atoms with Crippen LogP contribution in [0.25, 0.3) is 5.69 Å². The molecule has 3 aromatic rings. The van der Waals surface area contributed by atoms with Crippen LogP contribution in [0.5, 0.6) is 0 Å². The average Bonchev–Trinajstić information content (AvgIpc) is 3.20. The standard InChI is InChI=1S/C17H16N4O4/c1-11-14(12(2)20(19-11)13-6-4-3-5-7-13)10-18-17(22)15-8-9-16(25-15)21(23)24/h3-9H,10H2,1-2H3,(H,18,22). The Morgan fingerprint density at radius 1 is 1.24 bits per heavy atom. The second-order valence-electron chi connectivity index (χ2n) is 5.47. The molecule has 1 aromatic carbocycles. The van der Waals surface area contributed by atoms with Gasteiger partial charge in [0.05, 0.1) is 17.4 Å². The lowest BCUT2D eigenvalue weighted by Gasteiger charge is -2.06. The van der Waals surface area contributed by atoms with Crippen LogP contribution in [0.4, 0.5) is 5.88 Å². The van der Waals surface area contributed by atoms with Gasteiger partial charge in [-0.15, -0.1) is 0 Å². The first-order chi connectivity index (χ1) is 12.0. The van der Waals surface area contributed by atoms with Gasteiger partial charge in [-0.1, -0.05) is 18.2 Å². The Morgan fingerprint density at radius 3 is 2.60 bits per heavy atom. The third-order valence-electron chi connectivity index (χ3n) is 3.86.